The summed E-state index contributed by atoms with van der Waals surface area (Å²) in [7, 11) is 1.61. The van der Waals surface area contributed by atoms with Gasteiger partial charge in [0.2, 0.25) is 11.8 Å². The molecule has 2 aromatic rings. The first kappa shape index (κ1) is 14.3. The Hall–Kier alpha value is -1.11. The van der Waals surface area contributed by atoms with Crippen LogP contribution in [-0.4, -0.2) is 17.0 Å². The predicted molar refractivity (Wildman–Crippen MR) is 75.8 cm³/mol. The lowest BCUT2D eigenvalue weighted by Crippen LogP contribution is -2.00. The fourth-order valence-electron chi connectivity index (χ4n) is 1.23. The van der Waals surface area contributed by atoms with Crippen molar-refractivity contribution in [1.29, 1.82) is 0 Å². The number of benzene rings is 1. The number of ether oxygens (including phenoxy) is 1. The first-order valence-electron chi connectivity index (χ1n) is 5.04. The number of nitrogens with zero attached hydrogens (tertiary/aromatic N) is 2. The van der Waals surface area contributed by atoms with Gasteiger partial charge in [-0.25, -0.2) is 4.98 Å². The van der Waals surface area contributed by atoms with E-state index < -0.39 is 5.82 Å². The quantitative estimate of drug-likeness (QED) is 0.811. The van der Waals surface area contributed by atoms with E-state index in [1.54, 1.807) is 13.1 Å². The van der Waals surface area contributed by atoms with Crippen molar-refractivity contribution in [3.05, 3.63) is 38.7 Å². The first-order valence-corrected chi connectivity index (χ1v) is 6.59. The summed E-state index contributed by atoms with van der Waals surface area (Å²) in [5.74, 6) is -0.501. The zero-order chi connectivity index (χ0) is 14.0. The molecule has 0 aliphatic carbocycles. The minimum atomic E-state index is -0.700. The average molecular weight is 367 g/mol. The molecule has 0 fully saturated rings. The van der Waals surface area contributed by atoms with E-state index in [2.05, 4.69) is 31.2 Å². The van der Waals surface area contributed by atoms with Gasteiger partial charge >= 0.3 is 0 Å². The molecule has 1 N–H and O–H groups in total. The Labute approximate surface area is 127 Å². The van der Waals surface area contributed by atoms with Crippen molar-refractivity contribution in [1.82, 2.24) is 9.97 Å². The second-order valence-corrected chi connectivity index (χ2v) is 5.06. The number of aromatic nitrogens is 2. The van der Waals surface area contributed by atoms with Crippen molar-refractivity contribution in [3.63, 3.8) is 0 Å². The third-order valence-electron chi connectivity index (χ3n) is 2.12. The van der Waals surface area contributed by atoms with E-state index in [1.165, 1.54) is 6.07 Å². The van der Waals surface area contributed by atoms with Crippen LogP contribution in [0.3, 0.4) is 0 Å². The van der Waals surface area contributed by atoms with E-state index in [9.17, 15) is 4.39 Å². The van der Waals surface area contributed by atoms with Gasteiger partial charge in [-0.2, -0.15) is 9.37 Å². The fraction of sp³-hybridized carbons (Fsp3) is 0.0909. The van der Waals surface area contributed by atoms with Gasteiger partial charge in [0.15, 0.2) is 0 Å². The van der Waals surface area contributed by atoms with Gasteiger partial charge in [-0.15, -0.1) is 0 Å². The van der Waals surface area contributed by atoms with Gasteiger partial charge in [0.1, 0.15) is 5.75 Å². The lowest BCUT2D eigenvalue weighted by atomic mass is 10.3. The van der Waals surface area contributed by atoms with Gasteiger partial charge in [0, 0.05) is 17.6 Å². The zero-order valence-electron chi connectivity index (χ0n) is 9.55. The predicted octanol–water partition coefficient (Wildman–Crippen LogP) is 4.52. The smallest absolute Gasteiger partial charge is 0.260 e. The molecule has 0 bridgehead atoms. The number of rotatable bonds is 3. The summed E-state index contributed by atoms with van der Waals surface area (Å²) in [6, 6.07) is 3.02. The average Bonchev–Trinajstić information content (AvgIpc) is 2.38. The van der Waals surface area contributed by atoms with Gasteiger partial charge < -0.3 is 10.1 Å². The van der Waals surface area contributed by atoms with E-state index in [1.807, 2.05) is 0 Å². The van der Waals surface area contributed by atoms with Crippen molar-refractivity contribution in [2.24, 2.45) is 0 Å². The maximum atomic E-state index is 13.5. The van der Waals surface area contributed by atoms with Crippen molar-refractivity contribution >= 4 is 45.1 Å². The highest BCUT2D eigenvalue weighted by Crippen LogP contribution is 2.36. The van der Waals surface area contributed by atoms with Crippen LogP contribution in [0.25, 0.3) is 0 Å². The Morgan fingerprint density at radius 3 is 2.74 bits per heavy atom. The number of halogens is 4. The summed E-state index contributed by atoms with van der Waals surface area (Å²) in [5, 5.41) is 3.35. The highest BCUT2D eigenvalue weighted by Gasteiger charge is 2.13. The van der Waals surface area contributed by atoms with Crippen LogP contribution in [0.4, 0.5) is 10.3 Å². The van der Waals surface area contributed by atoms with Gasteiger partial charge in [-0.1, -0.05) is 23.2 Å². The normalized spacial score (nSPS) is 10.4. The minimum absolute atomic E-state index is 0.203. The van der Waals surface area contributed by atoms with E-state index in [0.29, 0.717) is 9.50 Å². The Kier molecular flexibility index (Phi) is 4.44. The molecule has 19 heavy (non-hydrogen) atoms. The first-order chi connectivity index (χ1) is 9.01. The van der Waals surface area contributed by atoms with Gasteiger partial charge in [-0.3, -0.25) is 0 Å². The van der Waals surface area contributed by atoms with Crippen LogP contribution >= 0.6 is 39.1 Å². The highest BCUT2D eigenvalue weighted by molar-refractivity contribution is 9.10. The third-order valence-corrected chi connectivity index (χ3v) is 3.61. The zero-order valence-corrected chi connectivity index (χ0v) is 12.6. The molecule has 100 valence electrons. The van der Waals surface area contributed by atoms with E-state index in [-0.39, 0.29) is 22.6 Å². The second-order valence-electron chi connectivity index (χ2n) is 3.40. The number of hydrogen-bond acceptors (Lipinski definition) is 4. The Bertz CT molecular complexity index is 627. The van der Waals surface area contributed by atoms with Crippen LogP contribution in [0, 0.1) is 5.82 Å². The molecule has 0 amide bonds. The number of nitrogens with one attached hydrogen (secondary N) is 1. The second kappa shape index (κ2) is 5.90. The number of anilines is 1. The summed E-state index contributed by atoms with van der Waals surface area (Å²) < 4.78 is 19.5. The third kappa shape index (κ3) is 3.26. The van der Waals surface area contributed by atoms with E-state index >= 15 is 0 Å². The lowest BCUT2D eigenvalue weighted by molar-refractivity contribution is 0.421. The molecule has 0 aliphatic rings. The maximum Gasteiger partial charge on any atom is 0.260 e. The van der Waals surface area contributed by atoms with Gasteiger partial charge in [-0.05, 0) is 22.0 Å². The summed E-state index contributed by atoms with van der Waals surface area (Å²) in [5.41, 5.74) is 0. The van der Waals surface area contributed by atoms with Gasteiger partial charge in [0.25, 0.3) is 5.88 Å². The summed E-state index contributed by atoms with van der Waals surface area (Å²) >= 11 is 15.1. The van der Waals surface area contributed by atoms with Gasteiger partial charge in [0.05, 0.1) is 16.2 Å². The molecule has 0 saturated heterocycles. The van der Waals surface area contributed by atoms with E-state index in [4.69, 9.17) is 27.9 Å². The standard InChI is InChI=1S/C11H7BrCl2FN3O/c1-16-11-17-4-8(15)10(18-11)19-9-3-6(13)5(12)2-7(9)14/h2-4H,1H3,(H,16,17,18). The largest absolute Gasteiger partial charge is 0.435 e. The molecule has 1 aromatic heterocycles. The van der Waals surface area contributed by atoms with Crippen LogP contribution in [0.2, 0.25) is 10.0 Å². The molecule has 8 heteroatoms. The van der Waals surface area contributed by atoms with Crippen molar-refractivity contribution in [2.75, 3.05) is 12.4 Å². The molecule has 0 saturated carbocycles. The Morgan fingerprint density at radius 1 is 1.32 bits per heavy atom. The summed E-state index contributed by atoms with van der Waals surface area (Å²) in [6.45, 7) is 0. The minimum Gasteiger partial charge on any atom is -0.435 e. The molecule has 1 aromatic carbocycles. The van der Waals surface area contributed by atoms with Crippen molar-refractivity contribution in [3.8, 4) is 11.6 Å². The lowest BCUT2D eigenvalue weighted by Gasteiger charge is -2.09. The molecule has 4 nitrogen and oxygen atoms in total. The van der Waals surface area contributed by atoms with Crippen LogP contribution in [-0.2, 0) is 0 Å². The van der Waals surface area contributed by atoms with Crippen molar-refractivity contribution in [2.45, 2.75) is 0 Å². The molecule has 0 unspecified atom stereocenters. The van der Waals surface area contributed by atoms with Crippen LogP contribution in [0.15, 0.2) is 22.8 Å². The molecule has 1 heterocycles. The molecule has 2 rings (SSSR count). The highest BCUT2D eigenvalue weighted by atomic mass is 79.9. The summed E-state index contributed by atoms with van der Waals surface area (Å²) in [6.07, 6.45) is 1.00. The SMILES string of the molecule is CNc1ncc(F)c(Oc2cc(Cl)c(Br)cc2Cl)n1. The maximum absolute atomic E-state index is 13.5. The molecular formula is C11H7BrCl2FN3O. The van der Waals surface area contributed by atoms with Crippen LogP contribution in [0.5, 0.6) is 11.6 Å². The molecule has 0 spiro atoms. The number of hydrogen-bond donors (Lipinski definition) is 1. The molecule has 0 radical (unpaired) electrons. The molecule has 0 aliphatic heterocycles. The molecule has 0 atom stereocenters. The van der Waals surface area contributed by atoms with Crippen molar-refractivity contribution < 1.29 is 9.13 Å². The Morgan fingerprint density at radius 2 is 2.05 bits per heavy atom. The van der Waals surface area contributed by atoms with Crippen LogP contribution in [0.1, 0.15) is 0 Å². The van der Waals surface area contributed by atoms with E-state index in [0.717, 1.165) is 6.20 Å². The topological polar surface area (TPSA) is 47.0 Å². The van der Waals surface area contributed by atoms with Crippen LogP contribution < -0.4 is 10.1 Å². The Balaban J connectivity index is 2.38. The molecular weight excluding hydrogens is 360 g/mol. The summed E-state index contributed by atoms with van der Waals surface area (Å²) in [4.78, 5) is 7.56. The monoisotopic (exact) mass is 365 g/mol. The fourth-order valence-corrected chi connectivity index (χ4v) is 2.06.